The monoisotopic (exact) mass is 493 g/mol. The molecule has 2 fully saturated rings. The molecule has 1 saturated carbocycles. The Morgan fingerprint density at radius 3 is 2.69 bits per heavy atom. The maximum absolute atomic E-state index is 12.5. The van der Waals surface area contributed by atoms with E-state index in [4.69, 9.17) is 4.74 Å². The number of anilines is 1. The zero-order valence-corrected chi connectivity index (χ0v) is 19.2. The third-order valence-corrected chi connectivity index (χ3v) is 7.00. The molecule has 2 aromatic heterocycles. The van der Waals surface area contributed by atoms with Gasteiger partial charge in [-0.25, -0.2) is 9.78 Å². The quantitative estimate of drug-likeness (QED) is 0.510. The van der Waals surface area contributed by atoms with Gasteiger partial charge in [-0.15, -0.1) is 5.10 Å². The van der Waals surface area contributed by atoms with Crippen LogP contribution in [0.15, 0.2) is 65.4 Å². The highest BCUT2D eigenvalue weighted by Crippen LogP contribution is 2.56. The summed E-state index contributed by atoms with van der Waals surface area (Å²) in [6.45, 7) is 1.55. The van der Waals surface area contributed by atoms with Crippen LogP contribution < -0.4 is 10.1 Å². The largest absolute Gasteiger partial charge is 0.439 e. The van der Waals surface area contributed by atoms with Gasteiger partial charge in [-0.2, -0.15) is 5.10 Å². The van der Waals surface area contributed by atoms with E-state index in [2.05, 4.69) is 48.6 Å². The fourth-order valence-corrected chi connectivity index (χ4v) is 4.98. The second-order valence-corrected chi connectivity index (χ2v) is 9.54. The molecule has 0 atom stereocenters. The normalized spacial score (nSPS) is 17.6. The van der Waals surface area contributed by atoms with Crippen molar-refractivity contribution in [1.29, 1.82) is 0 Å². The molecule has 0 unspecified atom stereocenters. The third-order valence-electron chi connectivity index (χ3n) is 6.53. The standard InChI is InChI=1S/C24H24BrN5O2/c25-19-6-7-22(26-16-19)32-20-4-1-3-17(13-20)18-14-24(15-18)8-11-30(12-9-24)23(31)28-21-5-2-10-27-29-21/h1-7,10,13,16,18H,8-9,11-12,14-15H2,(H,28,29,31). The first-order valence-electron chi connectivity index (χ1n) is 10.8. The van der Waals surface area contributed by atoms with Crippen molar-refractivity contribution in [2.24, 2.45) is 5.41 Å². The SMILES string of the molecule is O=C(Nc1cccnn1)N1CCC2(CC1)CC(c1cccc(Oc3ccc(Br)cn3)c1)C2. The number of hydrogen-bond donors (Lipinski definition) is 1. The number of rotatable bonds is 4. The van der Waals surface area contributed by atoms with Crippen molar-refractivity contribution in [3.05, 3.63) is 71.0 Å². The fraction of sp³-hybridized carbons (Fsp3) is 0.333. The number of benzene rings is 1. The molecule has 1 aliphatic carbocycles. The maximum atomic E-state index is 12.5. The predicted octanol–water partition coefficient (Wildman–Crippen LogP) is 5.62. The molecule has 2 aliphatic rings. The molecule has 1 spiro atoms. The Morgan fingerprint density at radius 1 is 1.12 bits per heavy atom. The zero-order valence-electron chi connectivity index (χ0n) is 17.6. The lowest BCUT2D eigenvalue weighted by molar-refractivity contribution is 0.0290. The second-order valence-electron chi connectivity index (χ2n) is 8.62. The molecule has 1 aliphatic heterocycles. The van der Waals surface area contributed by atoms with Crippen molar-refractivity contribution in [1.82, 2.24) is 20.1 Å². The number of aromatic nitrogens is 3. The van der Waals surface area contributed by atoms with E-state index in [0.29, 0.717) is 23.0 Å². The number of amides is 2. The summed E-state index contributed by atoms with van der Waals surface area (Å²) in [4.78, 5) is 18.7. The number of ether oxygens (including phenoxy) is 1. The van der Waals surface area contributed by atoms with E-state index in [1.165, 1.54) is 5.56 Å². The molecule has 1 saturated heterocycles. The number of carbonyl (C=O) groups is 1. The van der Waals surface area contributed by atoms with Crippen molar-refractivity contribution in [2.45, 2.75) is 31.6 Å². The summed E-state index contributed by atoms with van der Waals surface area (Å²) in [6, 6.07) is 15.5. The van der Waals surface area contributed by atoms with Crippen LogP contribution >= 0.6 is 15.9 Å². The van der Waals surface area contributed by atoms with Gasteiger partial charge >= 0.3 is 6.03 Å². The molecule has 1 N–H and O–H groups in total. The Bertz CT molecular complexity index is 1080. The van der Waals surface area contributed by atoms with Crippen molar-refractivity contribution < 1.29 is 9.53 Å². The summed E-state index contributed by atoms with van der Waals surface area (Å²) in [5.74, 6) is 2.43. The minimum absolute atomic E-state index is 0.0948. The molecular weight excluding hydrogens is 470 g/mol. The highest BCUT2D eigenvalue weighted by atomic mass is 79.9. The molecule has 7 nitrogen and oxygen atoms in total. The number of halogens is 1. The van der Waals surface area contributed by atoms with Gasteiger partial charge in [0.25, 0.3) is 0 Å². The lowest BCUT2D eigenvalue weighted by atomic mass is 9.56. The van der Waals surface area contributed by atoms with Crippen molar-refractivity contribution in [3.8, 4) is 11.6 Å². The molecule has 2 amide bonds. The zero-order chi connectivity index (χ0) is 22.0. The van der Waals surface area contributed by atoms with E-state index in [-0.39, 0.29) is 6.03 Å². The van der Waals surface area contributed by atoms with Crippen LogP contribution in [0.2, 0.25) is 0 Å². The van der Waals surface area contributed by atoms with Gasteiger partial charge in [-0.05, 0) is 88.8 Å². The smallest absolute Gasteiger partial charge is 0.323 e. The Balaban J connectivity index is 1.14. The topological polar surface area (TPSA) is 80.2 Å². The molecule has 5 rings (SSSR count). The maximum Gasteiger partial charge on any atom is 0.323 e. The molecule has 0 bridgehead atoms. The van der Waals surface area contributed by atoms with Gasteiger partial charge < -0.3 is 9.64 Å². The van der Waals surface area contributed by atoms with E-state index in [0.717, 1.165) is 49.0 Å². The molecule has 3 aromatic rings. The van der Waals surface area contributed by atoms with Crippen molar-refractivity contribution in [3.63, 3.8) is 0 Å². The molecule has 3 heterocycles. The second kappa shape index (κ2) is 8.86. The molecule has 32 heavy (non-hydrogen) atoms. The molecule has 1 aromatic carbocycles. The minimum atomic E-state index is -0.0948. The number of nitrogens with zero attached hydrogens (tertiary/aromatic N) is 4. The van der Waals surface area contributed by atoms with Crippen LogP contribution in [0, 0.1) is 5.41 Å². The molecule has 164 valence electrons. The number of hydrogen-bond acceptors (Lipinski definition) is 5. The average molecular weight is 494 g/mol. The van der Waals surface area contributed by atoms with Gasteiger partial charge in [0, 0.05) is 36.0 Å². The molecule has 0 radical (unpaired) electrons. The summed E-state index contributed by atoms with van der Waals surface area (Å²) in [7, 11) is 0. The number of urea groups is 1. The number of pyridine rings is 1. The summed E-state index contributed by atoms with van der Waals surface area (Å²) in [5, 5.41) is 10.6. The van der Waals surface area contributed by atoms with Crippen LogP contribution in [0.25, 0.3) is 0 Å². The summed E-state index contributed by atoms with van der Waals surface area (Å²) in [6.07, 6.45) is 7.72. The van der Waals surface area contributed by atoms with Crippen molar-refractivity contribution >= 4 is 27.8 Å². The lowest BCUT2D eigenvalue weighted by Gasteiger charge is -2.52. The lowest BCUT2D eigenvalue weighted by Crippen LogP contribution is -2.49. The van der Waals surface area contributed by atoms with Gasteiger partial charge in [-0.1, -0.05) is 12.1 Å². The number of likely N-dealkylation sites (tertiary alicyclic amines) is 1. The van der Waals surface area contributed by atoms with Crippen LogP contribution in [0.3, 0.4) is 0 Å². The molecular formula is C24H24BrN5O2. The van der Waals surface area contributed by atoms with Gasteiger partial charge in [-0.3, -0.25) is 5.32 Å². The summed E-state index contributed by atoms with van der Waals surface area (Å²) >= 11 is 3.39. The first-order chi connectivity index (χ1) is 15.6. The van der Waals surface area contributed by atoms with Crippen LogP contribution in [-0.4, -0.2) is 39.2 Å². The van der Waals surface area contributed by atoms with Gasteiger partial charge in [0.05, 0.1) is 0 Å². The van der Waals surface area contributed by atoms with E-state index in [9.17, 15) is 4.79 Å². The van der Waals surface area contributed by atoms with Crippen LogP contribution in [-0.2, 0) is 0 Å². The first kappa shape index (κ1) is 20.9. The van der Waals surface area contributed by atoms with E-state index >= 15 is 0 Å². The van der Waals surface area contributed by atoms with Gasteiger partial charge in [0.1, 0.15) is 5.75 Å². The van der Waals surface area contributed by atoms with E-state index in [1.807, 2.05) is 29.2 Å². The van der Waals surface area contributed by atoms with Crippen LogP contribution in [0.4, 0.5) is 10.6 Å². The predicted molar refractivity (Wildman–Crippen MR) is 125 cm³/mol. The minimum Gasteiger partial charge on any atom is -0.439 e. The number of piperidine rings is 1. The number of nitrogens with one attached hydrogen (secondary N) is 1. The highest BCUT2D eigenvalue weighted by molar-refractivity contribution is 9.10. The average Bonchev–Trinajstić information content (AvgIpc) is 2.80. The Morgan fingerprint density at radius 2 is 1.97 bits per heavy atom. The Hall–Kier alpha value is -3.00. The Kier molecular flexibility index (Phi) is 5.78. The van der Waals surface area contributed by atoms with Crippen LogP contribution in [0.5, 0.6) is 11.6 Å². The van der Waals surface area contributed by atoms with E-state index < -0.39 is 0 Å². The van der Waals surface area contributed by atoms with Crippen LogP contribution in [0.1, 0.15) is 37.2 Å². The van der Waals surface area contributed by atoms with E-state index in [1.54, 1.807) is 24.5 Å². The fourth-order valence-electron chi connectivity index (χ4n) is 4.75. The third kappa shape index (κ3) is 4.60. The summed E-state index contributed by atoms with van der Waals surface area (Å²) in [5.41, 5.74) is 1.66. The van der Waals surface area contributed by atoms with Crippen molar-refractivity contribution in [2.75, 3.05) is 18.4 Å². The first-order valence-corrected chi connectivity index (χ1v) is 11.6. The Labute approximate surface area is 195 Å². The number of carbonyl (C=O) groups excluding carboxylic acids is 1. The summed E-state index contributed by atoms with van der Waals surface area (Å²) < 4.78 is 6.85. The molecule has 8 heteroatoms. The van der Waals surface area contributed by atoms with Gasteiger partial charge in [0.15, 0.2) is 5.82 Å². The van der Waals surface area contributed by atoms with Gasteiger partial charge in [0.2, 0.25) is 5.88 Å². The highest BCUT2D eigenvalue weighted by Gasteiger charge is 2.46.